The highest BCUT2D eigenvalue weighted by molar-refractivity contribution is 7.91. The molecule has 0 atom stereocenters. The number of halogens is 5. The Morgan fingerprint density at radius 3 is 1.65 bits per heavy atom. The van der Waals surface area contributed by atoms with Gasteiger partial charge in [0, 0.05) is 64.3 Å². The lowest BCUT2D eigenvalue weighted by molar-refractivity contribution is -0.137. The molecule has 1 fully saturated rings. The number of sulfone groups is 2. The van der Waals surface area contributed by atoms with E-state index in [1.54, 1.807) is 76.6 Å². The van der Waals surface area contributed by atoms with Gasteiger partial charge in [-0.2, -0.15) is 24.5 Å². The molecular formula is C52H39Cl2F3N4O4S3. The molecule has 16 heteroatoms. The van der Waals surface area contributed by atoms with Gasteiger partial charge in [-0.15, -0.1) is 0 Å². The lowest BCUT2D eigenvalue weighted by Crippen LogP contribution is -2.08. The second kappa shape index (κ2) is 18.7. The van der Waals surface area contributed by atoms with Crippen LogP contribution in [-0.4, -0.2) is 48.4 Å². The third-order valence-corrected chi connectivity index (χ3v) is 15.1. The van der Waals surface area contributed by atoms with Gasteiger partial charge in [0.2, 0.25) is 0 Å². The molecule has 3 heterocycles. The maximum atomic E-state index is 13.7. The zero-order chi connectivity index (χ0) is 48.0. The number of imidazole rings is 2. The predicted molar refractivity (Wildman–Crippen MR) is 265 cm³/mol. The minimum atomic E-state index is -4.50. The monoisotopic (exact) mass is 1010 g/mol. The number of aromatic nitrogens is 4. The Balaban J connectivity index is 0.000000170. The Labute approximate surface area is 405 Å². The molecule has 0 saturated heterocycles. The van der Waals surface area contributed by atoms with Crippen LogP contribution in [0.15, 0.2) is 179 Å². The van der Waals surface area contributed by atoms with E-state index in [1.165, 1.54) is 18.4 Å². The number of nitrogens with zero attached hydrogens (tertiary/aromatic N) is 4. The van der Waals surface area contributed by atoms with Crippen molar-refractivity contribution in [1.29, 1.82) is 0 Å². The third-order valence-electron chi connectivity index (χ3n) is 11.4. The zero-order valence-electron chi connectivity index (χ0n) is 36.2. The molecule has 0 aliphatic heterocycles. The highest BCUT2D eigenvalue weighted by atomic mass is 35.5. The van der Waals surface area contributed by atoms with Crippen molar-refractivity contribution >= 4 is 54.2 Å². The largest absolute Gasteiger partial charge is 0.417 e. The lowest BCUT2D eigenvalue weighted by Gasteiger charge is -2.14. The summed E-state index contributed by atoms with van der Waals surface area (Å²) in [4.78, 5) is 10.0. The van der Waals surface area contributed by atoms with Crippen molar-refractivity contribution in [1.82, 2.24) is 19.1 Å². The van der Waals surface area contributed by atoms with E-state index in [4.69, 9.17) is 28.2 Å². The summed E-state index contributed by atoms with van der Waals surface area (Å²) in [6, 6.07) is 41.7. The fourth-order valence-electron chi connectivity index (χ4n) is 7.72. The lowest BCUT2D eigenvalue weighted by atomic mass is 10.0. The van der Waals surface area contributed by atoms with Gasteiger partial charge in [0.05, 0.1) is 36.8 Å². The van der Waals surface area contributed by atoms with Crippen molar-refractivity contribution in [3.8, 4) is 67.7 Å². The number of thiophene rings is 1. The van der Waals surface area contributed by atoms with Crippen LogP contribution in [0.3, 0.4) is 0 Å². The van der Waals surface area contributed by atoms with E-state index >= 15 is 0 Å². The summed E-state index contributed by atoms with van der Waals surface area (Å²) in [6.45, 7) is 0. The molecule has 0 spiro atoms. The van der Waals surface area contributed by atoms with Gasteiger partial charge in [0.1, 0.15) is 11.6 Å². The van der Waals surface area contributed by atoms with Crippen molar-refractivity contribution in [2.45, 2.75) is 34.7 Å². The van der Waals surface area contributed by atoms with Crippen LogP contribution in [0.25, 0.3) is 67.7 Å². The van der Waals surface area contributed by atoms with E-state index < -0.39 is 31.4 Å². The molecule has 6 aromatic carbocycles. The summed E-state index contributed by atoms with van der Waals surface area (Å²) in [5.41, 5.74) is 7.54. The van der Waals surface area contributed by atoms with Crippen LogP contribution in [0.1, 0.15) is 30.0 Å². The van der Waals surface area contributed by atoms with Gasteiger partial charge in [0.15, 0.2) is 19.7 Å². The third kappa shape index (κ3) is 10.1. The molecule has 0 radical (unpaired) electrons. The fraction of sp³-hybridized carbons (Fsp3) is 0.115. The number of alkyl halides is 3. The Morgan fingerprint density at radius 2 is 1.12 bits per heavy atom. The summed E-state index contributed by atoms with van der Waals surface area (Å²) in [5, 5.41) is 4.97. The molecule has 0 amide bonds. The van der Waals surface area contributed by atoms with E-state index in [-0.39, 0.29) is 22.2 Å². The quantitative estimate of drug-likeness (QED) is 0.135. The normalized spacial score (nSPS) is 13.0. The Kier molecular flexibility index (Phi) is 12.8. The molecule has 0 unspecified atom stereocenters. The Morgan fingerprint density at radius 1 is 0.588 bits per heavy atom. The van der Waals surface area contributed by atoms with Crippen LogP contribution in [0.4, 0.5) is 13.2 Å². The molecule has 1 saturated carbocycles. The first-order valence-corrected chi connectivity index (χ1v) is 26.5. The van der Waals surface area contributed by atoms with Gasteiger partial charge >= 0.3 is 6.18 Å². The second-order valence-electron chi connectivity index (χ2n) is 16.3. The first-order chi connectivity index (χ1) is 32.4. The van der Waals surface area contributed by atoms with Crippen molar-refractivity contribution in [3.05, 3.63) is 190 Å². The molecule has 8 nitrogen and oxygen atoms in total. The highest BCUT2D eigenvalue weighted by Gasteiger charge is 2.36. The van der Waals surface area contributed by atoms with Gasteiger partial charge in [-0.3, -0.25) is 9.13 Å². The number of rotatable bonds is 10. The maximum Gasteiger partial charge on any atom is 0.417 e. The Bertz CT molecular complexity index is 3530. The van der Waals surface area contributed by atoms with Gasteiger partial charge < -0.3 is 0 Å². The summed E-state index contributed by atoms with van der Waals surface area (Å²) in [6.07, 6.45) is 3.63. The maximum absolute atomic E-state index is 13.7. The molecule has 0 N–H and O–H groups in total. The standard InChI is InChI=1S/C26H18Cl2N2O2S2.C26H21F3N2O2S/c1-34(31,32)21-5-2-4-18(14-21)17-8-10-20(11-9-17)30-15-24(19-12-13-33-16-19)29-26(30)22-6-3-7-23(27)25(22)28;1-34(32,33)21-6-4-5-19(15-21)17-11-13-20(14-12-17)31-16-24(18-9-10-18)30-25(31)22-7-2-3-8-23(22)26(27,28)29/h2-16H,1H3;2-8,11-16,18H,9-10H2,1H3. The van der Waals surface area contributed by atoms with Crippen molar-refractivity contribution in [2.24, 2.45) is 0 Å². The average molecular weight is 1010 g/mol. The van der Waals surface area contributed by atoms with E-state index in [0.29, 0.717) is 26.5 Å². The highest BCUT2D eigenvalue weighted by Crippen LogP contribution is 2.43. The van der Waals surface area contributed by atoms with Gasteiger partial charge in [0.25, 0.3) is 0 Å². The van der Waals surface area contributed by atoms with Gasteiger partial charge in [-0.05, 0) is 113 Å². The van der Waals surface area contributed by atoms with Crippen molar-refractivity contribution in [3.63, 3.8) is 0 Å². The van der Waals surface area contributed by atoms with Crippen LogP contribution in [-0.2, 0) is 25.9 Å². The molecule has 1 aliphatic carbocycles. The molecule has 0 bridgehead atoms. The van der Waals surface area contributed by atoms with Crippen LogP contribution in [0, 0.1) is 0 Å². The van der Waals surface area contributed by atoms with Crippen LogP contribution in [0.2, 0.25) is 10.0 Å². The predicted octanol–water partition coefficient (Wildman–Crippen LogP) is 14.2. The number of hydrogen-bond acceptors (Lipinski definition) is 7. The SMILES string of the molecule is CS(=O)(=O)c1cccc(-c2ccc(-n3cc(-c4ccsc4)nc3-c3cccc(Cl)c3Cl)cc2)c1.CS(=O)(=O)c1cccc(-c2ccc(-n3cc(C4CC4)nc3-c3ccccc3C(F)(F)F)cc2)c1. The molecular weight excluding hydrogens is 969 g/mol. The first kappa shape index (κ1) is 46.8. The topological polar surface area (TPSA) is 104 Å². The minimum absolute atomic E-state index is 0.0341. The molecule has 3 aromatic heterocycles. The van der Waals surface area contributed by atoms with Gasteiger partial charge in [-0.1, -0.05) is 96.0 Å². The summed E-state index contributed by atoms with van der Waals surface area (Å²) in [5.74, 6) is 1.21. The van der Waals surface area contributed by atoms with Crippen LogP contribution < -0.4 is 0 Å². The Hall–Kier alpha value is -6.29. The fourth-order valence-corrected chi connectivity index (χ4v) is 10.1. The van der Waals surface area contributed by atoms with E-state index in [1.807, 2.05) is 94.5 Å². The molecule has 344 valence electrons. The first-order valence-electron chi connectivity index (χ1n) is 21.1. The van der Waals surface area contributed by atoms with E-state index in [2.05, 4.69) is 4.98 Å². The molecule has 68 heavy (non-hydrogen) atoms. The second-order valence-corrected chi connectivity index (χ2v) is 21.9. The minimum Gasteiger partial charge on any atom is -0.299 e. The zero-order valence-corrected chi connectivity index (χ0v) is 40.2. The summed E-state index contributed by atoms with van der Waals surface area (Å²) >= 11 is 14.4. The molecule has 1 aliphatic rings. The summed E-state index contributed by atoms with van der Waals surface area (Å²) < 4.78 is 92.6. The van der Waals surface area contributed by atoms with E-state index in [0.717, 1.165) is 75.6 Å². The molecule has 10 rings (SSSR count). The number of hydrogen-bond donors (Lipinski definition) is 0. The van der Waals surface area contributed by atoms with E-state index in [9.17, 15) is 30.0 Å². The smallest absolute Gasteiger partial charge is 0.299 e. The van der Waals surface area contributed by atoms with Crippen LogP contribution in [0.5, 0.6) is 0 Å². The van der Waals surface area contributed by atoms with Gasteiger partial charge in [-0.25, -0.2) is 26.8 Å². The van der Waals surface area contributed by atoms with Crippen molar-refractivity contribution in [2.75, 3.05) is 12.5 Å². The van der Waals surface area contributed by atoms with Crippen molar-refractivity contribution < 1.29 is 30.0 Å². The number of benzene rings is 6. The summed E-state index contributed by atoms with van der Waals surface area (Å²) in [7, 11) is -6.62. The van der Waals surface area contributed by atoms with Crippen LogP contribution >= 0.6 is 34.5 Å². The average Bonchev–Trinajstić information content (AvgIpc) is 3.64. The molecule has 9 aromatic rings.